The van der Waals surface area contributed by atoms with E-state index in [1.54, 1.807) is 12.4 Å². The molecule has 8 nitrogen and oxygen atoms in total. The van der Waals surface area contributed by atoms with Gasteiger partial charge in [-0.25, -0.2) is 0 Å². The van der Waals surface area contributed by atoms with Crippen molar-refractivity contribution >= 4 is 34.1 Å². The molecular weight excluding hydrogens is 406 g/mol. The molecule has 0 aliphatic rings. The van der Waals surface area contributed by atoms with E-state index in [1.807, 2.05) is 54.0 Å². The van der Waals surface area contributed by atoms with Gasteiger partial charge in [0.15, 0.2) is 11.0 Å². The average Bonchev–Trinajstić information content (AvgIpc) is 3.33. The molecule has 0 aliphatic heterocycles. The molecule has 1 amide bonds. The lowest BCUT2D eigenvalue weighted by molar-refractivity contribution is -0.113. The van der Waals surface area contributed by atoms with Crippen molar-refractivity contribution in [2.75, 3.05) is 11.1 Å². The SMILES string of the molecule is Cc1nnc(NC(=O)CSc2nnc(-c3cccnc3)n2Cc2ccccc2)s1. The Morgan fingerprint density at radius 2 is 1.97 bits per heavy atom. The van der Waals surface area contributed by atoms with Gasteiger partial charge in [-0.3, -0.25) is 19.7 Å². The van der Waals surface area contributed by atoms with Gasteiger partial charge in [-0.1, -0.05) is 53.4 Å². The Hall–Kier alpha value is -3.11. The average molecular weight is 424 g/mol. The van der Waals surface area contributed by atoms with Crippen molar-refractivity contribution in [2.24, 2.45) is 0 Å². The lowest BCUT2D eigenvalue weighted by Gasteiger charge is -2.10. The topological polar surface area (TPSA) is 98.5 Å². The zero-order valence-electron chi connectivity index (χ0n) is 15.5. The molecule has 0 radical (unpaired) electrons. The molecule has 10 heteroatoms. The molecule has 3 aromatic heterocycles. The zero-order valence-corrected chi connectivity index (χ0v) is 17.2. The number of thioether (sulfide) groups is 1. The Morgan fingerprint density at radius 1 is 1.10 bits per heavy atom. The van der Waals surface area contributed by atoms with Gasteiger partial charge in [0.2, 0.25) is 11.0 Å². The van der Waals surface area contributed by atoms with Crippen molar-refractivity contribution in [2.45, 2.75) is 18.6 Å². The lowest BCUT2D eigenvalue weighted by atomic mass is 10.2. The van der Waals surface area contributed by atoms with Crippen molar-refractivity contribution in [3.8, 4) is 11.4 Å². The van der Waals surface area contributed by atoms with E-state index in [9.17, 15) is 4.79 Å². The maximum atomic E-state index is 12.3. The molecule has 0 fully saturated rings. The molecule has 146 valence electrons. The second-order valence-corrected chi connectivity index (χ2v) is 8.21. The van der Waals surface area contributed by atoms with Crippen LogP contribution in [-0.4, -0.2) is 41.6 Å². The molecule has 0 saturated heterocycles. The number of aromatic nitrogens is 6. The third kappa shape index (κ3) is 4.84. The highest BCUT2D eigenvalue weighted by atomic mass is 32.2. The van der Waals surface area contributed by atoms with E-state index in [1.165, 1.54) is 23.1 Å². The van der Waals surface area contributed by atoms with Crippen LogP contribution in [0.1, 0.15) is 10.6 Å². The molecule has 4 aromatic rings. The van der Waals surface area contributed by atoms with Gasteiger partial charge < -0.3 is 0 Å². The fourth-order valence-corrected chi connectivity index (χ4v) is 3.99. The van der Waals surface area contributed by atoms with Gasteiger partial charge in [0.1, 0.15) is 5.01 Å². The molecule has 0 bridgehead atoms. The quantitative estimate of drug-likeness (QED) is 0.456. The van der Waals surface area contributed by atoms with Crippen LogP contribution in [0.3, 0.4) is 0 Å². The number of hydrogen-bond donors (Lipinski definition) is 1. The predicted molar refractivity (Wildman–Crippen MR) is 113 cm³/mol. The summed E-state index contributed by atoms with van der Waals surface area (Å²) in [6, 6.07) is 13.9. The fourth-order valence-electron chi connectivity index (χ4n) is 2.65. The zero-order chi connectivity index (χ0) is 20.1. The van der Waals surface area contributed by atoms with E-state index in [0.717, 1.165) is 16.1 Å². The van der Waals surface area contributed by atoms with Crippen LogP contribution in [0.5, 0.6) is 0 Å². The van der Waals surface area contributed by atoms with Gasteiger partial charge in [0.05, 0.1) is 12.3 Å². The third-order valence-corrected chi connectivity index (χ3v) is 5.65. The van der Waals surface area contributed by atoms with E-state index < -0.39 is 0 Å². The van der Waals surface area contributed by atoms with Crippen LogP contribution in [-0.2, 0) is 11.3 Å². The van der Waals surface area contributed by atoms with Crippen LogP contribution in [0.4, 0.5) is 5.13 Å². The monoisotopic (exact) mass is 423 g/mol. The first-order valence-electron chi connectivity index (χ1n) is 8.79. The van der Waals surface area contributed by atoms with Crippen molar-refractivity contribution in [1.29, 1.82) is 0 Å². The number of pyridine rings is 1. The minimum atomic E-state index is -0.164. The maximum absolute atomic E-state index is 12.3. The second kappa shape index (κ2) is 8.93. The van der Waals surface area contributed by atoms with Crippen LogP contribution >= 0.6 is 23.1 Å². The fraction of sp³-hybridized carbons (Fsp3) is 0.158. The summed E-state index contributed by atoms with van der Waals surface area (Å²) in [7, 11) is 0. The molecule has 3 heterocycles. The van der Waals surface area contributed by atoms with Gasteiger partial charge in [0, 0.05) is 18.0 Å². The molecule has 1 aromatic carbocycles. The molecular formula is C19H17N7OS2. The Labute approximate surface area is 175 Å². The largest absolute Gasteiger partial charge is 0.300 e. The lowest BCUT2D eigenvalue weighted by Crippen LogP contribution is -2.14. The molecule has 0 saturated carbocycles. The Balaban J connectivity index is 1.54. The number of benzene rings is 1. The first-order chi connectivity index (χ1) is 14.2. The molecule has 0 atom stereocenters. The van der Waals surface area contributed by atoms with Crippen molar-refractivity contribution in [3.63, 3.8) is 0 Å². The van der Waals surface area contributed by atoms with Gasteiger partial charge in [-0.2, -0.15) is 0 Å². The highest BCUT2D eigenvalue weighted by Gasteiger charge is 2.17. The predicted octanol–water partition coefficient (Wildman–Crippen LogP) is 3.28. The number of nitrogens with one attached hydrogen (secondary N) is 1. The number of nitrogens with zero attached hydrogens (tertiary/aromatic N) is 6. The molecule has 0 spiro atoms. The molecule has 1 N–H and O–H groups in total. The number of aryl methyl sites for hydroxylation is 1. The van der Waals surface area contributed by atoms with Crippen LogP contribution in [0.15, 0.2) is 60.0 Å². The van der Waals surface area contributed by atoms with Crippen LogP contribution in [0.25, 0.3) is 11.4 Å². The smallest absolute Gasteiger partial charge is 0.236 e. The van der Waals surface area contributed by atoms with E-state index in [4.69, 9.17) is 0 Å². The third-order valence-electron chi connectivity index (χ3n) is 3.92. The number of anilines is 1. The standard InChI is InChI=1S/C19H17N7OS2/c1-13-22-24-18(29-13)21-16(27)12-28-19-25-23-17(15-8-5-9-20-10-15)26(19)11-14-6-3-2-4-7-14/h2-10H,11-12H2,1H3,(H,21,24,27). The minimum absolute atomic E-state index is 0.164. The second-order valence-electron chi connectivity index (χ2n) is 6.08. The van der Waals surface area contributed by atoms with Gasteiger partial charge in [-0.15, -0.1) is 20.4 Å². The number of carbonyl (C=O) groups excluding carboxylic acids is 1. The Bertz CT molecular complexity index is 1100. The van der Waals surface area contributed by atoms with Crippen LogP contribution in [0.2, 0.25) is 0 Å². The van der Waals surface area contributed by atoms with E-state index in [0.29, 0.717) is 22.7 Å². The summed E-state index contributed by atoms with van der Waals surface area (Å²) < 4.78 is 2.00. The molecule has 29 heavy (non-hydrogen) atoms. The van der Waals surface area contributed by atoms with Crippen LogP contribution < -0.4 is 5.32 Å². The van der Waals surface area contributed by atoms with Gasteiger partial charge in [0.25, 0.3) is 0 Å². The number of carbonyl (C=O) groups is 1. The van der Waals surface area contributed by atoms with Crippen LogP contribution in [0, 0.1) is 6.92 Å². The van der Waals surface area contributed by atoms with Gasteiger partial charge >= 0.3 is 0 Å². The van der Waals surface area contributed by atoms with Crippen molar-refractivity contribution < 1.29 is 4.79 Å². The summed E-state index contributed by atoms with van der Waals surface area (Å²) in [6.45, 7) is 2.44. The summed E-state index contributed by atoms with van der Waals surface area (Å²) in [4.78, 5) is 16.5. The molecule has 0 aliphatic carbocycles. The normalized spacial score (nSPS) is 10.8. The van der Waals surface area contributed by atoms with Crippen molar-refractivity contribution in [3.05, 3.63) is 65.4 Å². The minimum Gasteiger partial charge on any atom is -0.300 e. The summed E-state index contributed by atoms with van der Waals surface area (Å²) in [5.41, 5.74) is 1.99. The van der Waals surface area contributed by atoms with Gasteiger partial charge in [-0.05, 0) is 24.6 Å². The molecule has 0 unspecified atom stereocenters. The summed E-state index contributed by atoms with van der Waals surface area (Å²) in [6.07, 6.45) is 3.47. The summed E-state index contributed by atoms with van der Waals surface area (Å²) in [5, 5.41) is 21.2. The van der Waals surface area contributed by atoms with Crippen molar-refractivity contribution in [1.82, 2.24) is 29.9 Å². The number of rotatable bonds is 7. The summed E-state index contributed by atoms with van der Waals surface area (Å²) >= 11 is 2.67. The first kappa shape index (κ1) is 19.2. The molecule has 4 rings (SSSR count). The first-order valence-corrected chi connectivity index (χ1v) is 10.6. The Morgan fingerprint density at radius 3 is 2.69 bits per heavy atom. The van der Waals surface area contributed by atoms with E-state index in [2.05, 4.69) is 30.7 Å². The summed E-state index contributed by atoms with van der Waals surface area (Å²) in [5.74, 6) is 0.742. The number of amides is 1. The maximum Gasteiger partial charge on any atom is 0.236 e. The van der Waals surface area contributed by atoms with E-state index in [-0.39, 0.29) is 11.7 Å². The highest BCUT2D eigenvalue weighted by Crippen LogP contribution is 2.25. The Kier molecular flexibility index (Phi) is 5.92. The highest BCUT2D eigenvalue weighted by molar-refractivity contribution is 7.99. The number of hydrogen-bond acceptors (Lipinski definition) is 8. The van der Waals surface area contributed by atoms with E-state index >= 15 is 0 Å².